The number of likely N-dealkylation sites (tertiary alicyclic amines) is 1. The van der Waals surface area contributed by atoms with Crippen molar-refractivity contribution in [3.63, 3.8) is 0 Å². The highest BCUT2D eigenvalue weighted by atomic mass is 32.3. The SMILES string of the molecule is CN1c2cc(-c3ccccc3)ccc2CN([C@@H]2CCN(C(=O)O)C2)S1(O)O. The number of hydrogen-bond acceptors (Lipinski definition) is 5. The highest BCUT2D eigenvalue weighted by Gasteiger charge is 2.42. The Bertz CT molecular complexity index is 861. The normalized spacial score (nSPS) is 23.1. The van der Waals surface area contributed by atoms with Gasteiger partial charge in [0.15, 0.2) is 0 Å². The summed E-state index contributed by atoms with van der Waals surface area (Å²) < 4.78 is 25.0. The molecule has 2 aromatic carbocycles. The molecule has 7 nitrogen and oxygen atoms in total. The molecule has 1 saturated heterocycles. The molecule has 0 unspecified atom stereocenters. The van der Waals surface area contributed by atoms with E-state index in [-0.39, 0.29) is 12.6 Å². The van der Waals surface area contributed by atoms with E-state index in [0.717, 1.165) is 22.4 Å². The molecule has 2 aliphatic rings. The van der Waals surface area contributed by atoms with Gasteiger partial charge in [-0.05, 0) is 29.2 Å². The minimum atomic E-state index is -3.20. The first-order valence-corrected chi connectivity index (χ1v) is 10.3. The average molecular weight is 389 g/mol. The number of rotatable bonds is 2. The van der Waals surface area contributed by atoms with Gasteiger partial charge in [0.2, 0.25) is 0 Å². The van der Waals surface area contributed by atoms with Crippen molar-refractivity contribution in [3.05, 3.63) is 54.1 Å². The van der Waals surface area contributed by atoms with Crippen molar-refractivity contribution in [2.24, 2.45) is 0 Å². The molecular formula is C19H23N3O4S. The maximum atomic E-state index is 11.2. The maximum Gasteiger partial charge on any atom is 0.407 e. The van der Waals surface area contributed by atoms with E-state index in [0.29, 0.717) is 19.5 Å². The predicted molar refractivity (Wildman–Crippen MR) is 107 cm³/mol. The van der Waals surface area contributed by atoms with Gasteiger partial charge in [-0.2, -0.15) is 4.31 Å². The number of amides is 1. The summed E-state index contributed by atoms with van der Waals surface area (Å²) in [6.45, 7) is 1.08. The van der Waals surface area contributed by atoms with Crippen LogP contribution in [0.1, 0.15) is 12.0 Å². The van der Waals surface area contributed by atoms with E-state index >= 15 is 0 Å². The molecule has 0 radical (unpaired) electrons. The molecule has 0 aliphatic carbocycles. The first-order chi connectivity index (χ1) is 12.9. The summed E-state index contributed by atoms with van der Waals surface area (Å²) in [5.41, 5.74) is 3.88. The number of benzene rings is 2. The van der Waals surface area contributed by atoms with Crippen molar-refractivity contribution >= 4 is 22.7 Å². The fourth-order valence-corrected chi connectivity index (χ4v) is 5.46. The zero-order chi connectivity index (χ0) is 19.2. The second-order valence-electron chi connectivity index (χ2n) is 6.94. The average Bonchev–Trinajstić information content (AvgIpc) is 3.15. The molecule has 27 heavy (non-hydrogen) atoms. The Morgan fingerprint density at radius 2 is 1.85 bits per heavy atom. The third-order valence-electron chi connectivity index (χ3n) is 5.38. The van der Waals surface area contributed by atoms with Crippen LogP contribution in [-0.4, -0.2) is 55.7 Å². The minimum absolute atomic E-state index is 0.213. The van der Waals surface area contributed by atoms with Crippen molar-refractivity contribution in [2.75, 3.05) is 24.4 Å². The van der Waals surface area contributed by atoms with Gasteiger partial charge in [0.25, 0.3) is 0 Å². The van der Waals surface area contributed by atoms with Crippen LogP contribution >= 0.6 is 11.0 Å². The van der Waals surface area contributed by atoms with Crippen molar-refractivity contribution < 1.29 is 19.0 Å². The predicted octanol–water partition coefficient (Wildman–Crippen LogP) is 3.94. The Labute approximate surface area is 160 Å². The topological polar surface area (TPSA) is 87.5 Å². The summed E-state index contributed by atoms with van der Waals surface area (Å²) in [6.07, 6.45) is -0.375. The molecule has 3 N–H and O–H groups in total. The van der Waals surface area contributed by atoms with Gasteiger partial charge in [-0.25, -0.2) is 4.79 Å². The minimum Gasteiger partial charge on any atom is -0.465 e. The molecule has 2 aliphatic heterocycles. The van der Waals surface area contributed by atoms with Crippen LogP contribution in [0.2, 0.25) is 0 Å². The quantitative estimate of drug-likeness (QED) is 0.721. The van der Waals surface area contributed by atoms with Crippen molar-refractivity contribution in [1.29, 1.82) is 0 Å². The molecule has 1 fully saturated rings. The van der Waals surface area contributed by atoms with Gasteiger partial charge in [-0.15, -0.1) is 0 Å². The summed E-state index contributed by atoms with van der Waals surface area (Å²) in [5.74, 6) is 0. The lowest BCUT2D eigenvalue weighted by Crippen LogP contribution is -2.47. The fraction of sp³-hybridized carbons (Fsp3) is 0.316. The first kappa shape index (κ1) is 18.1. The van der Waals surface area contributed by atoms with Crippen LogP contribution in [0.4, 0.5) is 10.5 Å². The Hall–Kier alpha value is -2.26. The Morgan fingerprint density at radius 1 is 1.11 bits per heavy atom. The van der Waals surface area contributed by atoms with Crippen molar-refractivity contribution in [1.82, 2.24) is 9.21 Å². The molecule has 4 rings (SSSR count). The van der Waals surface area contributed by atoms with Gasteiger partial charge >= 0.3 is 6.09 Å². The van der Waals surface area contributed by atoms with Crippen LogP contribution in [0.5, 0.6) is 0 Å². The summed E-state index contributed by atoms with van der Waals surface area (Å²) >= 11 is 0. The summed E-state index contributed by atoms with van der Waals surface area (Å²) in [5, 5.41) is 9.19. The number of hydrogen-bond donors (Lipinski definition) is 3. The number of fused-ring (bicyclic) bond motifs is 1. The van der Waals surface area contributed by atoms with Crippen LogP contribution in [0, 0.1) is 0 Å². The first-order valence-electron chi connectivity index (χ1n) is 8.83. The molecule has 0 aromatic heterocycles. The van der Waals surface area contributed by atoms with E-state index < -0.39 is 17.1 Å². The number of carboxylic acid groups (broad SMARTS) is 1. The summed E-state index contributed by atoms with van der Waals surface area (Å²) in [4.78, 5) is 12.5. The van der Waals surface area contributed by atoms with E-state index in [1.807, 2.05) is 48.5 Å². The fourth-order valence-electron chi connectivity index (χ4n) is 3.82. The van der Waals surface area contributed by atoms with Gasteiger partial charge in [0.05, 0.1) is 11.7 Å². The standard InChI is InChI=1S/C19H23N3O4S/c1-20-18-11-15(14-5-3-2-4-6-14)7-8-16(18)12-22(27(20,25)26)17-9-10-21(13-17)19(23)24/h2-8,11,17,25-26H,9-10,12-13H2,1H3,(H,23,24)/t17-/m1/s1. The van der Waals surface area contributed by atoms with Gasteiger partial charge in [-0.1, -0.05) is 53.4 Å². The summed E-state index contributed by atoms with van der Waals surface area (Å²) in [7, 11) is -1.52. The van der Waals surface area contributed by atoms with E-state index in [4.69, 9.17) is 0 Å². The largest absolute Gasteiger partial charge is 0.465 e. The Morgan fingerprint density at radius 3 is 2.52 bits per heavy atom. The van der Waals surface area contributed by atoms with Crippen molar-refractivity contribution in [2.45, 2.75) is 19.0 Å². The molecule has 2 aromatic rings. The van der Waals surface area contributed by atoms with Crippen LogP contribution in [0.15, 0.2) is 48.5 Å². The van der Waals surface area contributed by atoms with Crippen LogP contribution in [-0.2, 0) is 6.54 Å². The molecule has 8 heteroatoms. The van der Waals surface area contributed by atoms with Crippen LogP contribution in [0.25, 0.3) is 11.1 Å². The van der Waals surface area contributed by atoms with E-state index in [1.165, 1.54) is 9.21 Å². The molecular weight excluding hydrogens is 366 g/mol. The summed E-state index contributed by atoms with van der Waals surface area (Å²) in [6, 6.07) is 15.8. The third kappa shape index (κ3) is 3.14. The molecule has 2 heterocycles. The second-order valence-corrected chi connectivity index (χ2v) is 8.94. The lowest BCUT2D eigenvalue weighted by molar-refractivity contribution is 0.152. The Balaban J connectivity index is 1.65. The van der Waals surface area contributed by atoms with Crippen LogP contribution in [0.3, 0.4) is 0 Å². The molecule has 144 valence electrons. The highest BCUT2D eigenvalue weighted by Crippen LogP contribution is 2.56. The number of carbonyl (C=O) groups is 1. The lowest BCUT2D eigenvalue weighted by Gasteiger charge is -2.54. The number of anilines is 1. The van der Waals surface area contributed by atoms with Crippen LogP contribution < -0.4 is 4.31 Å². The van der Waals surface area contributed by atoms with Gasteiger partial charge < -0.3 is 10.0 Å². The molecule has 1 atom stereocenters. The van der Waals surface area contributed by atoms with Gasteiger partial charge in [0, 0.05) is 26.7 Å². The highest BCUT2D eigenvalue weighted by molar-refractivity contribution is 8.23. The molecule has 0 bridgehead atoms. The smallest absolute Gasteiger partial charge is 0.407 e. The van der Waals surface area contributed by atoms with Gasteiger partial charge in [0.1, 0.15) is 0 Å². The molecule has 1 amide bonds. The van der Waals surface area contributed by atoms with E-state index in [1.54, 1.807) is 11.4 Å². The number of nitrogens with zero attached hydrogens (tertiary/aromatic N) is 3. The van der Waals surface area contributed by atoms with Crippen molar-refractivity contribution in [3.8, 4) is 11.1 Å². The third-order valence-corrected chi connectivity index (χ3v) is 7.37. The molecule has 0 saturated carbocycles. The zero-order valence-corrected chi connectivity index (χ0v) is 15.8. The monoisotopic (exact) mass is 389 g/mol. The Kier molecular flexibility index (Phi) is 4.51. The van der Waals surface area contributed by atoms with Gasteiger partial charge in [-0.3, -0.25) is 13.4 Å². The maximum absolute atomic E-state index is 11.2. The molecule has 0 spiro atoms. The second kappa shape index (κ2) is 6.72. The zero-order valence-electron chi connectivity index (χ0n) is 15.0. The lowest BCUT2D eigenvalue weighted by atomic mass is 10.0. The van der Waals surface area contributed by atoms with E-state index in [9.17, 15) is 19.0 Å². The van der Waals surface area contributed by atoms with E-state index in [2.05, 4.69) is 0 Å².